The number of benzene rings is 3. The van der Waals surface area contributed by atoms with E-state index in [9.17, 15) is 21.6 Å². The van der Waals surface area contributed by atoms with Gasteiger partial charge in [-0.3, -0.25) is 0 Å². The van der Waals surface area contributed by atoms with Crippen LogP contribution in [0.4, 0.5) is 18.9 Å². The van der Waals surface area contributed by atoms with Crippen LogP contribution < -0.4 is 14.4 Å². The van der Waals surface area contributed by atoms with E-state index in [-0.39, 0.29) is 32.7 Å². The van der Waals surface area contributed by atoms with Crippen molar-refractivity contribution in [1.82, 2.24) is 19.0 Å². The highest BCUT2D eigenvalue weighted by atomic mass is 32.2. The second kappa shape index (κ2) is 11.9. The number of imidazole rings is 1. The molecule has 1 saturated heterocycles. The van der Waals surface area contributed by atoms with Gasteiger partial charge in [0, 0.05) is 56.0 Å². The number of aromatic nitrogens is 2. The highest BCUT2D eigenvalue weighted by molar-refractivity contribution is 7.87. The molecule has 0 amide bonds. The predicted octanol–water partition coefficient (Wildman–Crippen LogP) is 4.97. The molecule has 0 saturated carbocycles. The van der Waals surface area contributed by atoms with Crippen LogP contribution in [0.2, 0.25) is 0 Å². The largest absolute Gasteiger partial charge is 0.497 e. The Morgan fingerprint density at radius 3 is 2.29 bits per heavy atom. The van der Waals surface area contributed by atoms with Gasteiger partial charge >= 0.3 is 6.18 Å². The van der Waals surface area contributed by atoms with Crippen LogP contribution >= 0.6 is 0 Å². The Balaban J connectivity index is 1.24. The average Bonchev–Trinajstić information content (AvgIpc) is 3.41. The van der Waals surface area contributed by atoms with E-state index < -0.39 is 21.9 Å². The van der Waals surface area contributed by atoms with Gasteiger partial charge in [-0.1, -0.05) is 36.4 Å². The van der Waals surface area contributed by atoms with Crippen LogP contribution in [0.1, 0.15) is 11.3 Å². The molecule has 12 heteroatoms. The quantitative estimate of drug-likeness (QED) is 0.290. The minimum atomic E-state index is -4.44. The molecule has 41 heavy (non-hydrogen) atoms. The van der Waals surface area contributed by atoms with Crippen LogP contribution in [0.25, 0.3) is 22.6 Å². The molecular weight excluding hydrogens is 555 g/mol. The summed E-state index contributed by atoms with van der Waals surface area (Å²) in [5.74, 6) is 1.40. The molecular formula is C29H30F3N5O3S. The zero-order valence-electron chi connectivity index (χ0n) is 22.4. The Labute approximate surface area is 237 Å². The second-order valence-electron chi connectivity index (χ2n) is 9.59. The van der Waals surface area contributed by atoms with E-state index >= 15 is 0 Å². The zero-order valence-corrected chi connectivity index (χ0v) is 23.2. The highest BCUT2D eigenvalue weighted by Gasteiger charge is 2.32. The van der Waals surface area contributed by atoms with Crippen LogP contribution in [0, 0.1) is 0 Å². The van der Waals surface area contributed by atoms with Crippen LogP contribution in [-0.2, 0) is 22.8 Å². The summed E-state index contributed by atoms with van der Waals surface area (Å²) in [6.07, 6.45) is -4.09. The van der Waals surface area contributed by atoms with Gasteiger partial charge in [-0.25, -0.2) is 9.71 Å². The van der Waals surface area contributed by atoms with Gasteiger partial charge in [0.1, 0.15) is 11.6 Å². The molecule has 0 atom stereocenters. The predicted molar refractivity (Wildman–Crippen MR) is 152 cm³/mol. The topological polar surface area (TPSA) is 90.6 Å². The smallest absolute Gasteiger partial charge is 0.416 e. The summed E-state index contributed by atoms with van der Waals surface area (Å²) in [5, 5.41) is 0. The monoisotopic (exact) mass is 585 g/mol. The minimum absolute atomic E-state index is 0.123. The van der Waals surface area contributed by atoms with Crippen molar-refractivity contribution in [1.29, 1.82) is 0 Å². The SMILES string of the molecule is COc1ccc(-c2[nH]c(-c3ccccc3)nc2CCNS(=O)(=O)N2CCN(c3cccc(C(F)(F)F)c3)CC2)cc1. The van der Waals surface area contributed by atoms with Gasteiger partial charge in [-0.15, -0.1) is 0 Å². The normalized spacial score (nSPS) is 14.8. The summed E-state index contributed by atoms with van der Waals surface area (Å²) >= 11 is 0. The first-order valence-electron chi connectivity index (χ1n) is 13.1. The first-order chi connectivity index (χ1) is 19.6. The maximum Gasteiger partial charge on any atom is 0.416 e. The van der Waals surface area contributed by atoms with E-state index in [2.05, 4.69) is 9.71 Å². The highest BCUT2D eigenvalue weighted by Crippen LogP contribution is 2.32. The Morgan fingerprint density at radius 1 is 0.927 bits per heavy atom. The van der Waals surface area contributed by atoms with Crippen LogP contribution in [0.3, 0.4) is 0 Å². The van der Waals surface area contributed by atoms with Gasteiger partial charge in [0.25, 0.3) is 10.2 Å². The Morgan fingerprint density at radius 2 is 1.63 bits per heavy atom. The number of H-pyrrole nitrogens is 1. The number of alkyl halides is 3. The summed E-state index contributed by atoms with van der Waals surface area (Å²) in [4.78, 5) is 9.92. The van der Waals surface area contributed by atoms with Gasteiger partial charge in [-0.05, 0) is 42.5 Å². The second-order valence-corrected chi connectivity index (χ2v) is 11.3. The Bertz CT molecular complexity index is 1570. The molecule has 4 aromatic rings. The summed E-state index contributed by atoms with van der Waals surface area (Å²) < 4.78 is 74.7. The van der Waals surface area contributed by atoms with Crippen molar-refractivity contribution in [2.45, 2.75) is 12.6 Å². The number of aromatic amines is 1. The van der Waals surface area contributed by atoms with E-state index in [1.54, 1.807) is 18.1 Å². The molecule has 0 radical (unpaired) electrons. The summed E-state index contributed by atoms with van der Waals surface area (Å²) in [6, 6.07) is 22.3. The molecule has 1 aliphatic rings. The lowest BCUT2D eigenvalue weighted by Crippen LogP contribution is -2.52. The molecule has 2 N–H and O–H groups in total. The molecule has 8 nitrogen and oxygen atoms in total. The number of halogens is 3. The van der Waals surface area contributed by atoms with Crippen molar-refractivity contribution in [2.24, 2.45) is 0 Å². The van der Waals surface area contributed by atoms with Crippen LogP contribution in [0.5, 0.6) is 5.75 Å². The van der Waals surface area contributed by atoms with Crippen LogP contribution in [0.15, 0.2) is 78.9 Å². The third-order valence-electron chi connectivity index (χ3n) is 6.97. The van der Waals surface area contributed by atoms with E-state index in [0.717, 1.165) is 34.7 Å². The number of ether oxygens (including phenoxy) is 1. The summed E-state index contributed by atoms with van der Waals surface area (Å²) in [5.41, 5.74) is 3.00. The number of nitrogens with zero attached hydrogens (tertiary/aromatic N) is 3. The fourth-order valence-electron chi connectivity index (χ4n) is 4.77. The molecule has 216 valence electrons. The van der Waals surface area contributed by atoms with Crippen LogP contribution in [-0.4, -0.2) is 62.5 Å². The number of nitrogens with one attached hydrogen (secondary N) is 2. The maximum atomic E-state index is 13.1. The van der Waals surface area contributed by atoms with Gasteiger partial charge in [0.2, 0.25) is 0 Å². The molecule has 0 bridgehead atoms. The van der Waals surface area contributed by atoms with Crippen molar-refractivity contribution in [3.63, 3.8) is 0 Å². The molecule has 3 aromatic carbocycles. The van der Waals surface area contributed by atoms with E-state index in [4.69, 9.17) is 9.72 Å². The summed E-state index contributed by atoms with van der Waals surface area (Å²) in [6.45, 7) is 0.998. The molecule has 0 unspecified atom stereocenters. The minimum Gasteiger partial charge on any atom is -0.497 e. The third-order valence-corrected chi connectivity index (χ3v) is 8.58. The van der Waals surface area contributed by atoms with Crippen molar-refractivity contribution < 1.29 is 26.3 Å². The van der Waals surface area contributed by atoms with Crippen molar-refractivity contribution >= 4 is 15.9 Å². The van der Waals surface area contributed by atoms with E-state index in [0.29, 0.717) is 23.6 Å². The first kappa shape index (κ1) is 28.7. The molecule has 1 fully saturated rings. The lowest BCUT2D eigenvalue weighted by molar-refractivity contribution is -0.137. The standard InChI is InChI=1S/C29H30F3N5O3S/c1-40-25-12-10-21(11-13-25)27-26(34-28(35-27)22-6-3-2-4-7-22)14-15-33-41(38,39)37-18-16-36(17-19-37)24-9-5-8-23(20-24)29(30,31)32/h2-13,20,33H,14-19H2,1H3,(H,34,35). The van der Waals surface area contributed by atoms with Crippen molar-refractivity contribution in [3.05, 3.63) is 90.1 Å². The molecule has 5 rings (SSSR count). The summed E-state index contributed by atoms with van der Waals surface area (Å²) in [7, 11) is -2.20. The van der Waals surface area contributed by atoms with Gasteiger partial charge in [-0.2, -0.15) is 25.9 Å². The van der Waals surface area contributed by atoms with Gasteiger partial charge in [0.15, 0.2) is 0 Å². The zero-order chi connectivity index (χ0) is 29.0. The van der Waals surface area contributed by atoms with E-state index in [1.807, 2.05) is 54.6 Å². The van der Waals surface area contributed by atoms with Gasteiger partial charge < -0.3 is 14.6 Å². The molecule has 1 aromatic heterocycles. The number of piperazine rings is 1. The fourth-order valence-corrected chi connectivity index (χ4v) is 5.96. The number of anilines is 1. The number of hydrogen-bond donors (Lipinski definition) is 2. The number of rotatable bonds is 9. The van der Waals surface area contributed by atoms with E-state index in [1.165, 1.54) is 10.4 Å². The Hall–Kier alpha value is -3.87. The average molecular weight is 586 g/mol. The lowest BCUT2D eigenvalue weighted by Gasteiger charge is -2.35. The van der Waals surface area contributed by atoms with Gasteiger partial charge in [0.05, 0.1) is 24.1 Å². The first-order valence-corrected chi connectivity index (χ1v) is 14.5. The molecule has 2 heterocycles. The molecule has 0 aliphatic carbocycles. The lowest BCUT2D eigenvalue weighted by atomic mass is 10.1. The number of methoxy groups -OCH3 is 1. The van der Waals surface area contributed by atoms with Crippen molar-refractivity contribution in [2.75, 3.05) is 44.7 Å². The number of hydrogen-bond acceptors (Lipinski definition) is 5. The Kier molecular flexibility index (Phi) is 8.34. The van der Waals surface area contributed by atoms with Crippen molar-refractivity contribution in [3.8, 4) is 28.4 Å². The fraction of sp³-hybridized carbons (Fsp3) is 0.276. The molecule has 0 spiro atoms. The third kappa shape index (κ3) is 6.72. The molecule has 1 aliphatic heterocycles. The maximum absolute atomic E-state index is 13.1.